The molecule has 0 saturated carbocycles. The van der Waals surface area contributed by atoms with Crippen molar-refractivity contribution < 1.29 is 36.6 Å². The number of likely N-dealkylation sites (tertiary alicyclic amines) is 1. The smallest absolute Gasteiger partial charge is 0.309 e. The molecule has 1 aliphatic heterocycles. The van der Waals surface area contributed by atoms with Gasteiger partial charge in [-0.05, 0) is 49.9 Å². The van der Waals surface area contributed by atoms with Crippen LogP contribution in [-0.2, 0) is 11.5 Å². The third-order valence-corrected chi connectivity index (χ3v) is 7.32. The molecule has 5 nitrogen and oxygen atoms in total. The molecule has 0 unspecified atom stereocenters. The molecule has 3 aromatic rings. The molecule has 1 fully saturated rings. The van der Waals surface area contributed by atoms with Gasteiger partial charge in [0.15, 0.2) is 11.6 Å². The Hall–Kier alpha value is -3.71. The first-order chi connectivity index (χ1) is 18.7. The Bertz CT molecular complexity index is 1420. The van der Waals surface area contributed by atoms with Crippen LogP contribution in [0.3, 0.4) is 0 Å². The summed E-state index contributed by atoms with van der Waals surface area (Å²) in [5, 5.41) is 10.5. The number of hydrogen-bond acceptors (Lipinski definition) is 4. The molecule has 1 N–H and O–H groups in total. The van der Waals surface area contributed by atoms with Crippen molar-refractivity contribution in [2.24, 2.45) is 5.41 Å². The summed E-state index contributed by atoms with van der Waals surface area (Å²) in [6, 6.07) is 6.17. The lowest BCUT2D eigenvalue weighted by Gasteiger charge is -2.38. The van der Waals surface area contributed by atoms with Gasteiger partial charge in [0.1, 0.15) is 24.4 Å². The zero-order valence-electron chi connectivity index (χ0n) is 21.2. The van der Waals surface area contributed by atoms with Crippen LogP contribution < -0.4 is 4.74 Å². The van der Waals surface area contributed by atoms with E-state index in [0.717, 1.165) is 6.07 Å². The first-order valence-corrected chi connectivity index (χ1v) is 12.4. The first-order valence-electron chi connectivity index (χ1n) is 12.4. The number of carbonyl (C=O) groups is 1. The van der Waals surface area contributed by atoms with Crippen molar-refractivity contribution in [1.29, 1.82) is 0 Å². The molecule has 10 heteroatoms. The number of aromatic nitrogens is 1. The van der Waals surface area contributed by atoms with Crippen LogP contribution in [0.5, 0.6) is 5.75 Å². The van der Waals surface area contributed by atoms with Crippen LogP contribution >= 0.6 is 0 Å². The second-order valence-electron chi connectivity index (χ2n) is 9.63. The first kappa shape index (κ1) is 28.3. The fourth-order valence-corrected chi connectivity index (χ4v) is 4.99. The normalized spacial score (nSPS) is 15.9. The third-order valence-electron chi connectivity index (χ3n) is 7.32. The molecule has 0 radical (unpaired) electrons. The number of hydrogen-bond donors (Lipinski definition) is 1. The van der Waals surface area contributed by atoms with Crippen molar-refractivity contribution in [3.05, 3.63) is 70.7 Å². The van der Waals surface area contributed by atoms with Gasteiger partial charge in [-0.3, -0.25) is 14.7 Å². The number of carboxylic acids is 1. The van der Waals surface area contributed by atoms with E-state index >= 15 is 4.39 Å². The van der Waals surface area contributed by atoms with E-state index in [1.165, 1.54) is 13.3 Å². The molecule has 2 heterocycles. The minimum absolute atomic E-state index is 0.0380. The van der Waals surface area contributed by atoms with Gasteiger partial charge >= 0.3 is 5.97 Å². The van der Waals surface area contributed by atoms with E-state index in [4.69, 9.17) is 4.74 Å². The second kappa shape index (κ2) is 12.0. The van der Waals surface area contributed by atoms with Gasteiger partial charge in [-0.2, -0.15) is 0 Å². The van der Waals surface area contributed by atoms with E-state index in [9.17, 15) is 27.5 Å². The van der Waals surface area contributed by atoms with Crippen LogP contribution in [0.25, 0.3) is 10.9 Å². The average molecular weight is 547 g/mol. The van der Waals surface area contributed by atoms with Crippen molar-refractivity contribution >= 4 is 16.9 Å². The number of aliphatic carboxylic acids is 1. The van der Waals surface area contributed by atoms with E-state index in [2.05, 4.69) is 16.8 Å². The Labute approximate surface area is 222 Å². The number of nitrogens with zero attached hydrogens (tertiary/aromatic N) is 2. The Morgan fingerprint density at radius 2 is 1.95 bits per heavy atom. The number of carboxylic acid groups (broad SMARTS) is 1. The highest BCUT2D eigenvalue weighted by atomic mass is 19.2. The maximum atomic E-state index is 15.7. The van der Waals surface area contributed by atoms with Crippen LogP contribution in [0.15, 0.2) is 36.5 Å². The molecule has 39 heavy (non-hydrogen) atoms. The predicted molar refractivity (Wildman–Crippen MR) is 135 cm³/mol. The summed E-state index contributed by atoms with van der Waals surface area (Å²) >= 11 is 0. The number of halogens is 5. The fourth-order valence-electron chi connectivity index (χ4n) is 4.99. The van der Waals surface area contributed by atoms with Crippen LogP contribution in [0.4, 0.5) is 22.0 Å². The summed E-state index contributed by atoms with van der Waals surface area (Å²) in [4.78, 5) is 18.3. The van der Waals surface area contributed by atoms with Gasteiger partial charge in [0.25, 0.3) is 0 Å². The van der Waals surface area contributed by atoms with Crippen molar-refractivity contribution in [2.45, 2.75) is 38.5 Å². The molecule has 1 atom stereocenters. The van der Waals surface area contributed by atoms with E-state index in [0.29, 0.717) is 35.8 Å². The number of rotatable bonds is 8. The van der Waals surface area contributed by atoms with Gasteiger partial charge in [0, 0.05) is 41.9 Å². The number of benzene rings is 2. The van der Waals surface area contributed by atoms with Crippen LogP contribution in [0.2, 0.25) is 0 Å². The standard InChI is InChI=1S/C29H27F5N2O3/c1-39-21-4-5-25-22(15-21)26(19(16-30)17-35-25)23(32)6-7-29(28(37)38)8-11-36(12-9-29)10-2-3-18-13-20(31)14-24(33)27(18)34/h4-5,13-15,17,23H,6-12,16H2,1H3,(H,37,38)/t23-/m1/s1. The van der Waals surface area contributed by atoms with Crippen molar-refractivity contribution in [3.63, 3.8) is 0 Å². The summed E-state index contributed by atoms with van der Waals surface area (Å²) in [6.45, 7) is -0.0993. The van der Waals surface area contributed by atoms with Crippen molar-refractivity contribution in [3.8, 4) is 17.6 Å². The topological polar surface area (TPSA) is 62.7 Å². The lowest BCUT2D eigenvalue weighted by molar-refractivity contribution is -0.152. The lowest BCUT2D eigenvalue weighted by atomic mass is 9.74. The van der Waals surface area contributed by atoms with E-state index < -0.39 is 47.2 Å². The lowest BCUT2D eigenvalue weighted by Crippen LogP contribution is -2.44. The van der Waals surface area contributed by atoms with E-state index in [1.807, 2.05) is 4.90 Å². The number of ether oxygens (including phenoxy) is 1. The third kappa shape index (κ3) is 6.14. The van der Waals surface area contributed by atoms with Gasteiger partial charge < -0.3 is 9.84 Å². The molecule has 0 aliphatic carbocycles. The average Bonchev–Trinajstić information content (AvgIpc) is 2.93. The molecule has 0 bridgehead atoms. The van der Waals surface area contributed by atoms with Crippen molar-refractivity contribution in [2.75, 3.05) is 26.7 Å². The largest absolute Gasteiger partial charge is 0.497 e. The molecule has 0 spiro atoms. The highest BCUT2D eigenvalue weighted by Gasteiger charge is 2.41. The molecule has 2 aromatic carbocycles. The van der Waals surface area contributed by atoms with Crippen LogP contribution in [0, 0.1) is 34.7 Å². The Morgan fingerprint density at radius 1 is 1.21 bits per heavy atom. The minimum Gasteiger partial charge on any atom is -0.497 e. The highest BCUT2D eigenvalue weighted by Crippen LogP contribution is 2.41. The van der Waals surface area contributed by atoms with Crippen molar-refractivity contribution in [1.82, 2.24) is 9.88 Å². The van der Waals surface area contributed by atoms with Gasteiger partial charge in [0.2, 0.25) is 0 Å². The maximum absolute atomic E-state index is 15.7. The summed E-state index contributed by atoms with van der Waals surface area (Å²) in [7, 11) is 1.47. The highest BCUT2D eigenvalue weighted by molar-refractivity contribution is 5.85. The maximum Gasteiger partial charge on any atom is 0.309 e. The molecular formula is C29H27F5N2O3. The zero-order valence-corrected chi connectivity index (χ0v) is 21.2. The number of alkyl halides is 2. The number of pyridine rings is 1. The number of methoxy groups -OCH3 is 1. The Kier molecular flexibility index (Phi) is 8.70. The van der Waals surface area contributed by atoms with Crippen LogP contribution in [-0.4, -0.2) is 47.7 Å². The molecule has 1 saturated heterocycles. The molecule has 1 aliphatic rings. The molecule has 0 amide bonds. The van der Waals surface area contributed by atoms with Crippen LogP contribution in [0.1, 0.15) is 48.5 Å². The second-order valence-corrected chi connectivity index (χ2v) is 9.63. The Balaban J connectivity index is 1.44. The Morgan fingerprint density at radius 3 is 2.62 bits per heavy atom. The number of fused-ring (bicyclic) bond motifs is 1. The minimum atomic E-state index is -1.62. The predicted octanol–water partition coefficient (Wildman–Crippen LogP) is 6.14. The summed E-state index contributed by atoms with van der Waals surface area (Å²) < 4.78 is 75.2. The molecule has 4 rings (SSSR count). The van der Waals surface area contributed by atoms with E-state index in [-0.39, 0.29) is 43.4 Å². The van der Waals surface area contributed by atoms with Gasteiger partial charge in [0.05, 0.1) is 30.1 Å². The summed E-state index contributed by atoms with van der Waals surface area (Å²) in [5.41, 5.74) is -0.838. The fraction of sp³-hybridized carbons (Fsp3) is 0.379. The molecule has 1 aromatic heterocycles. The monoisotopic (exact) mass is 546 g/mol. The van der Waals surface area contributed by atoms with Gasteiger partial charge in [-0.25, -0.2) is 22.0 Å². The molecule has 206 valence electrons. The zero-order chi connectivity index (χ0) is 28.2. The summed E-state index contributed by atoms with van der Waals surface area (Å²) in [6.07, 6.45) is 0.0416. The molecular weight excluding hydrogens is 519 g/mol. The quantitative estimate of drug-likeness (QED) is 0.209. The summed E-state index contributed by atoms with van der Waals surface area (Å²) in [5.74, 6) is 1.03. The van der Waals surface area contributed by atoms with Gasteiger partial charge in [-0.1, -0.05) is 11.8 Å². The SMILES string of the molecule is COc1ccc2ncc(CF)c([C@H](F)CCC3(C(=O)O)CCN(CC#Cc4cc(F)cc(F)c4F)CC3)c2c1. The van der Waals surface area contributed by atoms with Gasteiger partial charge in [-0.15, -0.1) is 0 Å². The van der Waals surface area contributed by atoms with E-state index in [1.54, 1.807) is 18.2 Å². The number of piperidine rings is 1.